The van der Waals surface area contributed by atoms with Gasteiger partial charge in [-0.2, -0.15) is 0 Å². The van der Waals surface area contributed by atoms with E-state index < -0.39 is 29.0 Å². The fourth-order valence-corrected chi connectivity index (χ4v) is 4.26. The second kappa shape index (κ2) is 16.7. The summed E-state index contributed by atoms with van der Waals surface area (Å²) in [6.07, 6.45) is 0.00371. The molecule has 0 aliphatic heterocycles. The van der Waals surface area contributed by atoms with Crippen molar-refractivity contribution in [3.8, 4) is 0 Å². The van der Waals surface area contributed by atoms with Gasteiger partial charge in [-0.15, -0.1) is 0 Å². The van der Waals surface area contributed by atoms with Gasteiger partial charge in [0.15, 0.2) is 5.03 Å². The van der Waals surface area contributed by atoms with Crippen molar-refractivity contribution in [2.45, 2.75) is 38.3 Å². The summed E-state index contributed by atoms with van der Waals surface area (Å²) in [6, 6.07) is 24.5. The maximum absolute atomic E-state index is 13.7. The molecule has 1 atom stereocenters. The minimum Gasteiger partial charge on any atom is -0.450 e. The smallest absolute Gasteiger partial charge is 0.411 e. The number of nitro groups is 1. The first-order chi connectivity index (χ1) is 20.8. The van der Waals surface area contributed by atoms with Gasteiger partial charge in [0.1, 0.15) is 11.1 Å². The Morgan fingerprint density at radius 3 is 2.07 bits per heavy atom. The van der Waals surface area contributed by atoms with Crippen LogP contribution in [0.15, 0.2) is 90.0 Å². The number of benzene rings is 3. The first-order valence-corrected chi connectivity index (χ1v) is 13.7. The lowest BCUT2D eigenvalue weighted by atomic mass is 9.90. The Bertz CT molecular complexity index is 1350. The van der Waals surface area contributed by atoms with Gasteiger partial charge in [-0.25, -0.2) is 14.9 Å². The summed E-state index contributed by atoms with van der Waals surface area (Å²) in [5.74, 6) is -1.77. The maximum atomic E-state index is 13.7. The van der Waals surface area contributed by atoms with Crippen molar-refractivity contribution >= 4 is 29.6 Å². The topological polar surface area (TPSA) is 190 Å². The van der Waals surface area contributed by atoms with E-state index in [9.17, 15) is 24.5 Å². The average molecular weight is 590 g/mol. The molecule has 0 radical (unpaired) electrons. The molecule has 3 aromatic carbocycles. The second-order valence-electron chi connectivity index (χ2n) is 9.37. The highest BCUT2D eigenvalue weighted by Crippen LogP contribution is 2.25. The Labute approximate surface area is 249 Å². The summed E-state index contributed by atoms with van der Waals surface area (Å²) in [7, 11) is 0. The molecule has 0 aromatic heterocycles. The number of hydrogen-bond acceptors (Lipinski definition) is 6. The van der Waals surface area contributed by atoms with Crippen molar-refractivity contribution in [3.63, 3.8) is 0 Å². The van der Waals surface area contributed by atoms with E-state index in [1.54, 1.807) is 31.2 Å². The molecular weight excluding hydrogens is 554 g/mol. The monoisotopic (exact) mass is 589 g/mol. The zero-order valence-corrected chi connectivity index (χ0v) is 23.7. The van der Waals surface area contributed by atoms with E-state index in [0.29, 0.717) is 12.1 Å². The summed E-state index contributed by atoms with van der Waals surface area (Å²) in [5.41, 5.74) is 8.33. The Morgan fingerprint density at radius 2 is 1.51 bits per heavy atom. The quantitative estimate of drug-likeness (QED) is 0.0623. The number of anilines is 1. The fraction of sp³-hybridized carbons (Fsp3) is 0.267. The van der Waals surface area contributed by atoms with Gasteiger partial charge in [0.25, 0.3) is 5.96 Å². The molecule has 13 heteroatoms. The summed E-state index contributed by atoms with van der Waals surface area (Å²) >= 11 is 0. The lowest BCUT2D eigenvalue weighted by Gasteiger charge is -2.23. The highest BCUT2D eigenvalue weighted by molar-refractivity contribution is 5.92. The van der Waals surface area contributed by atoms with Gasteiger partial charge in [0.2, 0.25) is 11.8 Å². The van der Waals surface area contributed by atoms with Crippen LogP contribution < -0.4 is 27.0 Å². The van der Waals surface area contributed by atoms with Gasteiger partial charge in [0, 0.05) is 18.8 Å². The number of carbonyl (C=O) groups excluding carboxylic acids is 3. The first-order valence-electron chi connectivity index (χ1n) is 13.7. The molecule has 0 bridgehead atoms. The molecule has 3 aromatic rings. The predicted octanol–water partition coefficient (Wildman–Crippen LogP) is 3.06. The molecule has 43 heavy (non-hydrogen) atoms. The highest BCUT2D eigenvalue weighted by Gasteiger charge is 2.27. The van der Waals surface area contributed by atoms with Gasteiger partial charge in [-0.05, 0) is 48.6 Å². The fourth-order valence-electron chi connectivity index (χ4n) is 4.26. The van der Waals surface area contributed by atoms with Crippen LogP contribution in [-0.4, -0.2) is 48.1 Å². The van der Waals surface area contributed by atoms with Gasteiger partial charge >= 0.3 is 6.09 Å². The molecule has 0 aliphatic carbocycles. The number of nitrogens with zero attached hydrogens (tertiary/aromatic N) is 2. The van der Waals surface area contributed by atoms with E-state index in [1.165, 1.54) is 0 Å². The van der Waals surface area contributed by atoms with Crippen LogP contribution in [0.1, 0.15) is 42.4 Å². The molecule has 6 N–H and O–H groups in total. The summed E-state index contributed by atoms with van der Waals surface area (Å²) in [4.78, 5) is 49.2. The van der Waals surface area contributed by atoms with Gasteiger partial charge in [0.05, 0.1) is 12.5 Å². The lowest BCUT2D eigenvalue weighted by molar-refractivity contribution is -0.485. The minimum atomic E-state index is -0.914. The van der Waals surface area contributed by atoms with Crippen molar-refractivity contribution in [1.29, 1.82) is 0 Å². The Balaban J connectivity index is 1.71. The number of ether oxygens (including phenoxy) is 1. The van der Waals surface area contributed by atoms with E-state index in [0.717, 1.165) is 16.7 Å². The SMILES string of the molecule is CCOC(=O)Nc1ccc(CNC(=O)[C@@H](CCCNC(N)=N[N+](=O)[O-])NC(=O)C(c2ccccc2)c2ccccc2)cc1. The molecule has 0 heterocycles. The third-order valence-corrected chi connectivity index (χ3v) is 6.27. The largest absolute Gasteiger partial charge is 0.450 e. The Hall–Kier alpha value is -5.46. The Morgan fingerprint density at radius 1 is 0.907 bits per heavy atom. The minimum absolute atomic E-state index is 0.173. The first kappa shape index (κ1) is 32.1. The highest BCUT2D eigenvalue weighted by atomic mass is 16.7. The normalized spacial score (nSPS) is 11.7. The van der Waals surface area contributed by atoms with Crippen molar-refractivity contribution < 1.29 is 24.2 Å². The van der Waals surface area contributed by atoms with Crippen molar-refractivity contribution in [3.05, 3.63) is 112 Å². The van der Waals surface area contributed by atoms with Crippen LogP contribution in [0, 0.1) is 10.1 Å². The average Bonchev–Trinajstić information content (AvgIpc) is 2.99. The number of carbonyl (C=O) groups is 3. The molecule has 3 rings (SSSR count). The molecule has 0 fully saturated rings. The van der Waals surface area contributed by atoms with Crippen LogP contribution in [-0.2, 0) is 20.9 Å². The number of guanidine groups is 1. The van der Waals surface area contributed by atoms with Crippen molar-refractivity contribution in [1.82, 2.24) is 16.0 Å². The number of amides is 3. The van der Waals surface area contributed by atoms with E-state index >= 15 is 0 Å². The second-order valence-corrected chi connectivity index (χ2v) is 9.37. The van der Waals surface area contributed by atoms with E-state index in [2.05, 4.69) is 26.4 Å². The van der Waals surface area contributed by atoms with Gasteiger partial charge in [-0.3, -0.25) is 14.9 Å². The van der Waals surface area contributed by atoms with Crippen LogP contribution in [0.25, 0.3) is 0 Å². The van der Waals surface area contributed by atoms with Crippen LogP contribution in [0.4, 0.5) is 10.5 Å². The zero-order chi connectivity index (χ0) is 31.0. The molecule has 0 saturated carbocycles. The molecule has 3 amide bonds. The van der Waals surface area contributed by atoms with Crippen LogP contribution in [0.3, 0.4) is 0 Å². The van der Waals surface area contributed by atoms with Crippen LogP contribution in [0.2, 0.25) is 0 Å². The lowest BCUT2D eigenvalue weighted by Crippen LogP contribution is -2.48. The van der Waals surface area contributed by atoms with Crippen LogP contribution in [0.5, 0.6) is 0 Å². The zero-order valence-electron chi connectivity index (χ0n) is 23.7. The molecular formula is C30H35N7O6. The van der Waals surface area contributed by atoms with Crippen molar-refractivity contribution in [2.24, 2.45) is 10.8 Å². The number of nitrogens with one attached hydrogen (secondary N) is 4. The van der Waals surface area contributed by atoms with E-state index in [-0.39, 0.29) is 38.0 Å². The third-order valence-electron chi connectivity index (χ3n) is 6.27. The van der Waals surface area contributed by atoms with E-state index in [4.69, 9.17) is 10.5 Å². The number of hydrogen-bond donors (Lipinski definition) is 5. The summed E-state index contributed by atoms with van der Waals surface area (Å²) < 4.78 is 4.87. The Kier molecular flexibility index (Phi) is 12.5. The molecule has 226 valence electrons. The van der Waals surface area contributed by atoms with Crippen LogP contribution >= 0.6 is 0 Å². The predicted molar refractivity (Wildman–Crippen MR) is 161 cm³/mol. The summed E-state index contributed by atoms with van der Waals surface area (Å²) in [5, 5.41) is 23.6. The molecule has 0 unspecified atom stereocenters. The van der Waals surface area contributed by atoms with Crippen molar-refractivity contribution in [2.75, 3.05) is 18.5 Å². The molecule has 0 aliphatic rings. The maximum Gasteiger partial charge on any atom is 0.411 e. The number of rotatable bonds is 14. The summed E-state index contributed by atoms with van der Waals surface area (Å²) in [6.45, 7) is 2.33. The molecule has 0 saturated heterocycles. The number of nitrogens with two attached hydrogens (primary N) is 1. The van der Waals surface area contributed by atoms with Gasteiger partial charge in [-0.1, -0.05) is 72.8 Å². The number of hydrazone groups is 1. The van der Waals surface area contributed by atoms with E-state index in [1.807, 2.05) is 60.7 Å². The molecule has 0 spiro atoms. The third kappa shape index (κ3) is 10.8. The standard InChI is InChI=1S/C30H35N7O6/c1-2-43-30(40)34-24-17-15-21(16-18-24)20-33-27(38)25(14-9-19-32-29(31)36-37(41)42)35-28(39)26(22-10-5-3-6-11-22)23-12-7-4-8-13-23/h3-8,10-13,15-18,25-26H,2,9,14,19-20H2,1H3,(H,33,38)(H,34,40)(H,35,39)(H3,31,32,36)/t25-/m1/s1. The molecule has 13 nitrogen and oxygen atoms in total. The van der Waals surface area contributed by atoms with Gasteiger partial charge < -0.3 is 26.4 Å².